The zero-order valence-electron chi connectivity index (χ0n) is 10.2. The van der Waals surface area contributed by atoms with E-state index in [0.717, 1.165) is 11.5 Å². The average Bonchev–Trinajstić information content (AvgIpc) is 3.07. The predicted octanol–water partition coefficient (Wildman–Crippen LogP) is 1.03. The van der Waals surface area contributed by atoms with Crippen LogP contribution in [0, 0.1) is 0 Å². The molecule has 0 aliphatic rings. The summed E-state index contributed by atoms with van der Waals surface area (Å²) in [6.07, 6.45) is 7.71. The first-order valence-electron chi connectivity index (χ1n) is 6.03. The molecule has 0 bridgehead atoms. The largest absolute Gasteiger partial charge is 0.350 e. The van der Waals surface area contributed by atoms with Gasteiger partial charge < -0.3 is 14.7 Å². The number of aromatic amines is 1. The van der Waals surface area contributed by atoms with Crippen LogP contribution in [0.4, 0.5) is 0 Å². The second-order valence-corrected chi connectivity index (χ2v) is 4.13. The topological polar surface area (TPSA) is 75.1 Å². The number of carbonyl (C=O) groups excluding carboxylic acids is 1. The second-order valence-electron chi connectivity index (χ2n) is 4.13. The third-order valence-corrected chi connectivity index (χ3v) is 2.80. The fourth-order valence-corrected chi connectivity index (χ4v) is 1.86. The van der Waals surface area contributed by atoms with Crippen molar-refractivity contribution in [2.24, 2.45) is 0 Å². The zero-order chi connectivity index (χ0) is 13.1. The molecule has 0 aliphatic heterocycles. The Morgan fingerprint density at radius 3 is 3.16 bits per heavy atom. The monoisotopic (exact) mass is 255 g/mol. The average molecular weight is 255 g/mol. The van der Waals surface area contributed by atoms with Crippen LogP contribution in [-0.4, -0.2) is 31.8 Å². The maximum absolute atomic E-state index is 11.9. The summed E-state index contributed by atoms with van der Waals surface area (Å²) < 4.78 is 1.82. The van der Waals surface area contributed by atoms with Crippen molar-refractivity contribution in [3.8, 4) is 0 Å². The van der Waals surface area contributed by atoms with Gasteiger partial charge in [-0.1, -0.05) is 6.07 Å². The van der Waals surface area contributed by atoms with Gasteiger partial charge >= 0.3 is 0 Å². The molecule has 96 valence electrons. The molecule has 3 aromatic heterocycles. The summed E-state index contributed by atoms with van der Waals surface area (Å²) in [6, 6.07) is 5.65. The Kier molecular flexibility index (Phi) is 2.97. The van der Waals surface area contributed by atoms with E-state index in [1.165, 1.54) is 0 Å². The van der Waals surface area contributed by atoms with E-state index in [0.29, 0.717) is 18.7 Å². The van der Waals surface area contributed by atoms with Gasteiger partial charge in [0.15, 0.2) is 0 Å². The highest BCUT2D eigenvalue weighted by Gasteiger charge is 2.09. The van der Waals surface area contributed by atoms with E-state index in [1.54, 1.807) is 18.6 Å². The van der Waals surface area contributed by atoms with Gasteiger partial charge in [-0.25, -0.2) is 9.97 Å². The highest BCUT2D eigenvalue weighted by molar-refractivity contribution is 5.92. The molecule has 0 radical (unpaired) electrons. The van der Waals surface area contributed by atoms with Gasteiger partial charge in [-0.2, -0.15) is 0 Å². The van der Waals surface area contributed by atoms with E-state index in [-0.39, 0.29) is 5.91 Å². The number of amides is 1. The number of nitrogens with one attached hydrogen (secondary N) is 2. The number of aromatic nitrogens is 4. The summed E-state index contributed by atoms with van der Waals surface area (Å²) in [5, 5.41) is 2.82. The molecule has 3 heterocycles. The molecule has 2 N–H and O–H groups in total. The highest BCUT2D eigenvalue weighted by Crippen LogP contribution is 2.04. The molecule has 0 spiro atoms. The summed E-state index contributed by atoms with van der Waals surface area (Å²) in [5.74, 6) is 0.686. The number of hydrogen-bond acceptors (Lipinski definition) is 3. The number of fused-ring (bicyclic) bond motifs is 1. The van der Waals surface area contributed by atoms with Crippen molar-refractivity contribution >= 4 is 11.6 Å². The first-order valence-corrected chi connectivity index (χ1v) is 6.03. The van der Waals surface area contributed by atoms with Crippen molar-refractivity contribution in [2.75, 3.05) is 6.54 Å². The molecule has 0 saturated carbocycles. The van der Waals surface area contributed by atoms with Gasteiger partial charge in [0.1, 0.15) is 17.2 Å². The van der Waals surface area contributed by atoms with E-state index in [1.807, 2.05) is 28.8 Å². The number of nitrogens with zero attached hydrogens (tertiary/aromatic N) is 3. The van der Waals surface area contributed by atoms with E-state index in [9.17, 15) is 4.79 Å². The molecular formula is C13H13N5O. The molecule has 0 aromatic carbocycles. The van der Waals surface area contributed by atoms with Crippen LogP contribution in [0.1, 0.15) is 16.3 Å². The van der Waals surface area contributed by atoms with Gasteiger partial charge in [-0.3, -0.25) is 4.79 Å². The molecule has 3 rings (SSSR count). The third-order valence-electron chi connectivity index (χ3n) is 2.80. The van der Waals surface area contributed by atoms with Gasteiger partial charge in [-0.15, -0.1) is 0 Å². The van der Waals surface area contributed by atoms with E-state index < -0.39 is 0 Å². The molecule has 19 heavy (non-hydrogen) atoms. The summed E-state index contributed by atoms with van der Waals surface area (Å²) in [4.78, 5) is 23.3. The van der Waals surface area contributed by atoms with E-state index in [4.69, 9.17) is 0 Å². The third kappa shape index (κ3) is 2.47. The number of hydrogen-bond donors (Lipinski definition) is 2. The van der Waals surface area contributed by atoms with Crippen molar-refractivity contribution in [3.63, 3.8) is 0 Å². The molecule has 0 saturated heterocycles. The Morgan fingerprint density at radius 1 is 1.42 bits per heavy atom. The van der Waals surface area contributed by atoms with Crippen LogP contribution in [0.5, 0.6) is 0 Å². The Labute approximate surface area is 109 Å². The van der Waals surface area contributed by atoms with E-state index >= 15 is 0 Å². The molecule has 0 atom stereocenters. The van der Waals surface area contributed by atoms with Crippen LogP contribution in [-0.2, 0) is 6.42 Å². The SMILES string of the molecule is O=C(NCCc1ncc[nH]1)c1cn2ccccc2n1. The normalized spacial score (nSPS) is 10.7. The molecule has 0 aliphatic carbocycles. The van der Waals surface area contributed by atoms with Gasteiger partial charge in [-0.05, 0) is 12.1 Å². The molecule has 1 amide bonds. The van der Waals surface area contributed by atoms with Gasteiger partial charge in [0.05, 0.1) is 0 Å². The fourth-order valence-electron chi connectivity index (χ4n) is 1.86. The minimum Gasteiger partial charge on any atom is -0.350 e. The number of H-pyrrole nitrogens is 1. The lowest BCUT2D eigenvalue weighted by atomic mass is 10.4. The van der Waals surface area contributed by atoms with Crippen molar-refractivity contribution in [2.45, 2.75) is 6.42 Å². The molecular weight excluding hydrogens is 242 g/mol. The van der Waals surface area contributed by atoms with Crippen LogP contribution in [0.2, 0.25) is 0 Å². The smallest absolute Gasteiger partial charge is 0.271 e. The van der Waals surface area contributed by atoms with Gasteiger partial charge in [0, 0.05) is 37.8 Å². The zero-order valence-corrected chi connectivity index (χ0v) is 10.2. The molecule has 0 fully saturated rings. The lowest BCUT2D eigenvalue weighted by molar-refractivity contribution is 0.0949. The van der Waals surface area contributed by atoms with Gasteiger partial charge in [0.25, 0.3) is 5.91 Å². The number of imidazole rings is 2. The highest BCUT2D eigenvalue weighted by atomic mass is 16.1. The van der Waals surface area contributed by atoms with Crippen LogP contribution < -0.4 is 5.32 Å². The summed E-state index contributed by atoms with van der Waals surface area (Å²) in [7, 11) is 0. The van der Waals surface area contributed by atoms with Crippen molar-refractivity contribution < 1.29 is 4.79 Å². The van der Waals surface area contributed by atoms with Crippen LogP contribution in [0.15, 0.2) is 43.0 Å². The minimum absolute atomic E-state index is 0.171. The summed E-state index contributed by atoms with van der Waals surface area (Å²) in [5.41, 5.74) is 1.18. The van der Waals surface area contributed by atoms with Crippen LogP contribution >= 0.6 is 0 Å². The molecule has 6 heteroatoms. The standard InChI is InChI=1S/C13H13N5O/c19-13(16-5-4-11-14-6-7-15-11)10-9-18-8-2-1-3-12(18)17-10/h1-3,6-9H,4-5H2,(H,14,15)(H,16,19). The van der Waals surface area contributed by atoms with Crippen molar-refractivity contribution in [1.29, 1.82) is 0 Å². The van der Waals surface area contributed by atoms with Crippen molar-refractivity contribution in [1.82, 2.24) is 24.7 Å². The number of carbonyl (C=O) groups is 1. The summed E-state index contributed by atoms with van der Waals surface area (Å²) >= 11 is 0. The molecule has 3 aromatic rings. The Hall–Kier alpha value is -2.63. The fraction of sp³-hybridized carbons (Fsp3) is 0.154. The van der Waals surface area contributed by atoms with Crippen LogP contribution in [0.3, 0.4) is 0 Å². The molecule has 6 nitrogen and oxygen atoms in total. The number of rotatable bonds is 4. The maximum Gasteiger partial charge on any atom is 0.271 e. The van der Waals surface area contributed by atoms with Crippen LogP contribution in [0.25, 0.3) is 5.65 Å². The Morgan fingerprint density at radius 2 is 2.37 bits per heavy atom. The lowest BCUT2D eigenvalue weighted by Crippen LogP contribution is -2.26. The Bertz CT molecular complexity index is 653. The predicted molar refractivity (Wildman–Crippen MR) is 69.8 cm³/mol. The first-order chi connectivity index (χ1) is 9.33. The van der Waals surface area contributed by atoms with Crippen molar-refractivity contribution in [3.05, 3.63) is 54.5 Å². The summed E-state index contributed by atoms with van der Waals surface area (Å²) in [6.45, 7) is 0.528. The maximum atomic E-state index is 11.9. The van der Waals surface area contributed by atoms with E-state index in [2.05, 4.69) is 20.3 Å². The Balaban J connectivity index is 1.63. The lowest BCUT2D eigenvalue weighted by Gasteiger charge is -2.00. The quantitative estimate of drug-likeness (QED) is 0.731. The second kappa shape index (κ2) is 4.93. The minimum atomic E-state index is -0.171. The molecule has 0 unspecified atom stereocenters. The number of pyridine rings is 1. The van der Waals surface area contributed by atoms with Gasteiger partial charge in [0.2, 0.25) is 0 Å². The first kappa shape index (κ1) is 11.5.